The van der Waals surface area contributed by atoms with Gasteiger partial charge in [-0.25, -0.2) is 15.0 Å². The van der Waals surface area contributed by atoms with Gasteiger partial charge in [0.2, 0.25) is 5.95 Å². The van der Waals surface area contributed by atoms with E-state index in [1.54, 1.807) is 24.5 Å². The molecule has 3 N–H and O–H groups in total. The molecule has 2 saturated heterocycles. The van der Waals surface area contributed by atoms with E-state index in [4.69, 9.17) is 4.98 Å². The number of H-pyrrole nitrogens is 1. The highest BCUT2D eigenvalue weighted by Crippen LogP contribution is 2.27. The second kappa shape index (κ2) is 10.7. The smallest absolute Gasteiger partial charge is 0.290 e. The molecule has 3 aromatic heterocycles. The Morgan fingerprint density at radius 1 is 1.08 bits per heavy atom. The lowest BCUT2D eigenvalue weighted by Gasteiger charge is -2.32. The predicted octanol–water partition coefficient (Wildman–Crippen LogP) is 3.75. The zero-order valence-electron chi connectivity index (χ0n) is 20.6. The van der Waals surface area contributed by atoms with Gasteiger partial charge < -0.3 is 10.2 Å². The Morgan fingerprint density at radius 2 is 1.95 bits per heavy atom. The number of thioether (sulfide) groups is 1. The number of amides is 2. The van der Waals surface area contributed by atoms with Crippen molar-refractivity contribution in [3.8, 4) is 11.4 Å². The molecule has 2 fully saturated rings. The van der Waals surface area contributed by atoms with Gasteiger partial charge in [-0.1, -0.05) is 24.3 Å². The molecule has 6 rings (SSSR count). The quantitative estimate of drug-likeness (QED) is 0.308. The number of benzene rings is 1. The Morgan fingerprint density at radius 3 is 2.74 bits per heavy atom. The minimum absolute atomic E-state index is 0.349. The van der Waals surface area contributed by atoms with Crippen LogP contribution in [0.15, 0.2) is 59.8 Å². The second-order valence-corrected chi connectivity index (χ2v) is 10.4. The summed E-state index contributed by atoms with van der Waals surface area (Å²) in [6, 6.07) is 14.1. The third-order valence-corrected chi connectivity index (χ3v) is 7.61. The fourth-order valence-electron chi connectivity index (χ4n) is 4.82. The first-order chi connectivity index (χ1) is 18.6. The third-order valence-electron chi connectivity index (χ3n) is 6.80. The zero-order chi connectivity index (χ0) is 25.9. The van der Waals surface area contributed by atoms with Crippen molar-refractivity contribution in [2.45, 2.75) is 19.4 Å². The highest BCUT2D eigenvalue weighted by Gasteiger charge is 2.26. The number of carbonyl (C=O) groups is 2. The van der Waals surface area contributed by atoms with Crippen molar-refractivity contribution < 1.29 is 9.59 Å². The Bertz CT molecular complexity index is 1510. The monoisotopic (exact) mass is 526 g/mol. The molecule has 0 aliphatic carbocycles. The molecule has 1 aromatic carbocycles. The number of piperidine rings is 1. The van der Waals surface area contributed by atoms with Crippen LogP contribution in [0, 0.1) is 5.92 Å². The van der Waals surface area contributed by atoms with E-state index in [2.05, 4.69) is 53.9 Å². The van der Waals surface area contributed by atoms with Crippen molar-refractivity contribution in [2.75, 3.05) is 24.5 Å². The number of hydrogen-bond acceptors (Lipinski definition) is 9. The first-order valence-corrected chi connectivity index (χ1v) is 13.4. The van der Waals surface area contributed by atoms with Crippen LogP contribution in [0.4, 0.5) is 10.7 Å². The maximum absolute atomic E-state index is 11.8. The zero-order valence-corrected chi connectivity index (χ0v) is 21.4. The van der Waals surface area contributed by atoms with Crippen LogP contribution in [0.3, 0.4) is 0 Å². The third kappa shape index (κ3) is 5.29. The van der Waals surface area contributed by atoms with E-state index in [0.29, 0.717) is 29.0 Å². The number of nitrogens with zero attached hydrogens (tertiary/aromatic N) is 5. The van der Waals surface area contributed by atoms with E-state index in [1.165, 1.54) is 0 Å². The van der Waals surface area contributed by atoms with Crippen LogP contribution >= 0.6 is 11.8 Å². The summed E-state index contributed by atoms with van der Waals surface area (Å²) >= 11 is 0.888. The first kappa shape index (κ1) is 24.3. The van der Waals surface area contributed by atoms with Crippen LogP contribution in [-0.4, -0.2) is 55.9 Å². The van der Waals surface area contributed by atoms with Gasteiger partial charge in [-0.05, 0) is 66.7 Å². The van der Waals surface area contributed by atoms with Crippen molar-refractivity contribution in [3.63, 3.8) is 0 Å². The molecule has 10 nitrogen and oxygen atoms in total. The van der Waals surface area contributed by atoms with Crippen LogP contribution in [0.25, 0.3) is 28.2 Å². The van der Waals surface area contributed by atoms with Gasteiger partial charge >= 0.3 is 0 Å². The molecule has 2 amide bonds. The van der Waals surface area contributed by atoms with Crippen molar-refractivity contribution in [1.29, 1.82) is 0 Å². The minimum atomic E-state index is -0.385. The van der Waals surface area contributed by atoms with Gasteiger partial charge in [-0.2, -0.15) is 5.10 Å². The summed E-state index contributed by atoms with van der Waals surface area (Å²) in [4.78, 5) is 39.7. The molecule has 2 aliphatic heterocycles. The maximum Gasteiger partial charge on any atom is 0.290 e. The fourth-order valence-corrected chi connectivity index (χ4v) is 5.49. The second-order valence-electron chi connectivity index (χ2n) is 9.34. The standard InChI is InChI=1S/C27H26N8O2S/c36-25-24(38-27(37)33-25)14-19-5-9-29-26(31-19)35-11-7-17(8-12-35)15-28-16-23-20-4-2-1-3-18(20)13-22(32-23)21-6-10-30-34-21/h1-6,9-10,13-14,17,28H,7-8,11-12,15-16H2,(H,30,34)(H,33,36,37). The minimum Gasteiger partial charge on any atom is -0.341 e. The summed E-state index contributed by atoms with van der Waals surface area (Å²) in [5.74, 6) is 0.805. The molecule has 11 heteroatoms. The molecule has 0 radical (unpaired) electrons. The van der Waals surface area contributed by atoms with Crippen molar-refractivity contribution >= 4 is 45.7 Å². The largest absolute Gasteiger partial charge is 0.341 e. The summed E-state index contributed by atoms with van der Waals surface area (Å²) in [5.41, 5.74) is 3.44. The Kier molecular flexibility index (Phi) is 6.84. The SMILES string of the molecule is O=C1NC(=O)C(=Cc2ccnc(N3CCC(CNCc4nc(-c5ccn[nH]5)cc5ccccc45)CC3)n2)S1. The summed E-state index contributed by atoms with van der Waals surface area (Å²) in [5, 5.41) is 14.9. The van der Waals surface area contributed by atoms with E-state index in [0.717, 1.165) is 72.1 Å². The average Bonchev–Trinajstić information content (AvgIpc) is 3.59. The Balaban J connectivity index is 1.06. The van der Waals surface area contributed by atoms with Gasteiger partial charge in [0, 0.05) is 37.4 Å². The van der Waals surface area contributed by atoms with Gasteiger partial charge in [-0.15, -0.1) is 0 Å². The van der Waals surface area contributed by atoms with Crippen molar-refractivity contribution in [2.24, 2.45) is 5.92 Å². The molecule has 38 heavy (non-hydrogen) atoms. The van der Waals surface area contributed by atoms with Crippen molar-refractivity contribution in [3.05, 3.63) is 71.2 Å². The molecule has 5 heterocycles. The van der Waals surface area contributed by atoms with E-state index in [9.17, 15) is 9.59 Å². The summed E-state index contributed by atoms with van der Waals surface area (Å²) in [6.45, 7) is 3.31. The van der Waals surface area contributed by atoms with Crippen LogP contribution < -0.4 is 15.5 Å². The number of hydrogen-bond donors (Lipinski definition) is 3. The van der Waals surface area contributed by atoms with Gasteiger partial charge in [0.1, 0.15) is 0 Å². The number of pyridine rings is 1. The number of carbonyl (C=O) groups excluding carboxylic acids is 2. The molecule has 0 atom stereocenters. The maximum atomic E-state index is 11.8. The Labute approximate surface area is 223 Å². The number of aromatic amines is 1. The average molecular weight is 527 g/mol. The van der Waals surface area contributed by atoms with E-state index in [-0.39, 0.29) is 11.1 Å². The van der Waals surface area contributed by atoms with Crippen LogP contribution in [0.1, 0.15) is 24.2 Å². The van der Waals surface area contributed by atoms with Gasteiger partial charge in [0.05, 0.1) is 27.7 Å². The molecule has 0 spiro atoms. The van der Waals surface area contributed by atoms with E-state index >= 15 is 0 Å². The van der Waals surface area contributed by atoms with Crippen LogP contribution in [0.2, 0.25) is 0 Å². The fraction of sp³-hybridized carbons (Fsp3) is 0.259. The molecule has 0 unspecified atom stereocenters. The molecule has 0 saturated carbocycles. The Hall–Kier alpha value is -4.09. The topological polar surface area (TPSA) is 129 Å². The number of anilines is 1. The van der Waals surface area contributed by atoms with Crippen LogP contribution in [0.5, 0.6) is 0 Å². The van der Waals surface area contributed by atoms with Crippen molar-refractivity contribution in [1.82, 2.24) is 35.8 Å². The van der Waals surface area contributed by atoms with E-state index < -0.39 is 0 Å². The molecule has 4 aromatic rings. The molecule has 0 bridgehead atoms. The number of rotatable bonds is 7. The normalized spacial score (nSPS) is 17.5. The van der Waals surface area contributed by atoms with E-state index in [1.807, 2.05) is 18.2 Å². The summed E-state index contributed by atoms with van der Waals surface area (Å²) < 4.78 is 0. The van der Waals surface area contributed by atoms with Crippen LogP contribution in [-0.2, 0) is 11.3 Å². The highest BCUT2D eigenvalue weighted by molar-refractivity contribution is 8.18. The summed E-state index contributed by atoms with van der Waals surface area (Å²) in [6.07, 6.45) is 7.11. The number of imide groups is 1. The lowest BCUT2D eigenvalue weighted by atomic mass is 9.97. The molecular formula is C27H26N8O2S. The lowest BCUT2D eigenvalue weighted by Crippen LogP contribution is -2.38. The number of aromatic nitrogens is 5. The first-order valence-electron chi connectivity index (χ1n) is 12.5. The van der Waals surface area contributed by atoms with Gasteiger partial charge in [-0.3, -0.25) is 20.0 Å². The molecule has 192 valence electrons. The summed E-state index contributed by atoms with van der Waals surface area (Å²) in [7, 11) is 0. The number of nitrogens with one attached hydrogen (secondary N) is 3. The number of fused-ring (bicyclic) bond motifs is 1. The molecule has 2 aliphatic rings. The highest BCUT2D eigenvalue weighted by atomic mass is 32.2. The predicted molar refractivity (Wildman–Crippen MR) is 147 cm³/mol. The lowest BCUT2D eigenvalue weighted by molar-refractivity contribution is -0.115. The van der Waals surface area contributed by atoms with Gasteiger partial charge in [0.15, 0.2) is 0 Å². The molecular weight excluding hydrogens is 500 g/mol. The van der Waals surface area contributed by atoms with Gasteiger partial charge in [0.25, 0.3) is 11.1 Å².